The summed E-state index contributed by atoms with van der Waals surface area (Å²) in [5, 5.41) is 0. The fourth-order valence-corrected chi connectivity index (χ4v) is 3.11. The van der Waals surface area contributed by atoms with Gasteiger partial charge in [-0.15, -0.1) is 0 Å². The van der Waals surface area contributed by atoms with Gasteiger partial charge >= 0.3 is 0 Å². The SMILES string of the molecule is CCC(CC(N)=S)N1CCN(c2cccc(OC)c2)CC1. The molecule has 0 saturated carbocycles. The lowest BCUT2D eigenvalue weighted by atomic mass is 10.1. The third kappa shape index (κ3) is 4.32. The second kappa shape index (κ2) is 7.61. The first kappa shape index (κ1) is 16.0. The molecule has 1 atom stereocenters. The van der Waals surface area contributed by atoms with E-state index in [2.05, 4.69) is 28.9 Å². The van der Waals surface area contributed by atoms with Crippen molar-refractivity contribution in [3.63, 3.8) is 0 Å². The van der Waals surface area contributed by atoms with E-state index in [0.29, 0.717) is 11.0 Å². The van der Waals surface area contributed by atoms with Gasteiger partial charge in [-0.2, -0.15) is 0 Å². The van der Waals surface area contributed by atoms with Crippen molar-refractivity contribution in [1.29, 1.82) is 0 Å². The van der Waals surface area contributed by atoms with Crippen molar-refractivity contribution in [2.24, 2.45) is 5.73 Å². The molecule has 0 radical (unpaired) electrons. The van der Waals surface area contributed by atoms with E-state index in [1.54, 1.807) is 7.11 Å². The number of piperazine rings is 1. The number of thiocarbonyl (C=S) groups is 1. The van der Waals surface area contributed by atoms with Crippen molar-refractivity contribution in [1.82, 2.24) is 4.90 Å². The van der Waals surface area contributed by atoms with Crippen LogP contribution in [0.15, 0.2) is 24.3 Å². The van der Waals surface area contributed by atoms with Crippen LogP contribution in [0.4, 0.5) is 5.69 Å². The van der Waals surface area contributed by atoms with Crippen LogP contribution in [0.1, 0.15) is 19.8 Å². The van der Waals surface area contributed by atoms with Gasteiger partial charge in [-0.1, -0.05) is 25.2 Å². The number of hydrogen-bond donors (Lipinski definition) is 1. The Morgan fingerprint density at radius 3 is 2.62 bits per heavy atom. The summed E-state index contributed by atoms with van der Waals surface area (Å²) in [5.41, 5.74) is 6.94. The maximum atomic E-state index is 5.71. The third-order valence-corrected chi connectivity index (χ3v) is 4.32. The van der Waals surface area contributed by atoms with Gasteiger partial charge in [0.15, 0.2) is 0 Å². The van der Waals surface area contributed by atoms with Gasteiger partial charge in [-0.3, -0.25) is 4.90 Å². The Hall–Kier alpha value is -1.33. The van der Waals surface area contributed by atoms with E-state index in [1.807, 2.05) is 12.1 Å². The summed E-state index contributed by atoms with van der Waals surface area (Å²) in [4.78, 5) is 5.54. The molecule has 21 heavy (non-hydrogen) atoms. The Morgan fingerprint density at radius 2 is 2.05 bits per heavy atom. The van der Waals surface area contributed by atoms with E-state index >= 15 is 0 Å². The molecule has 5 heteroatoms. The topological polar surface area (TPSA) is 41.7 Å². The van der Waals surface area contributed by atoms with E-state index in [1.165, 1.54) is 5.69 Å². The van der Waals surface area contributed by atoms with Crippen LogP contribution in [0.2, 0.25) is 0 Å². The largest absolute Gasteiger partial charge is 0.497 e. The van der Waals surface area contributed by atoms with Crippen molar-refractivity contribution >= 4 is 22.9 Å². The van der Waals surface area contributed by atoms with Gasteiger partial charge in [-0.25, -0.2) is 0 Å². The van der Waals surface area contributed by atoms with Gasteiger partial charge in [0.1, 0.15) is 5.75 Å². The number of rotatable bonds is 6. The zero-order valence-corrected chi connectivity index (χ0v) is 13.7. The number of ether oxygens (including phenoxy) is 1. The fourth-order valence-electron chi connectivity index (χ4n) is 2.92. The van der Waals surface area contributed by atoms with Crippen molar-refractivity contribution in [3.05, 3.63) is 24.3 Å². The van der Waals surface area contributed by atoms with Crippen LogP contribution >= 0.6 is 12.2 Å². The highest BCUT2D eigenvalue weighted by Crippen LogP contribution is 2.23. The van der Waals surface area contributed by atoms with Crippen LogP contribution in [0.5, 0.6) is 5.75 Å². The fraction of sp³-hybridized carbons (Fsp3) is 0.562. The van der Waals surface area contributed by atoms with Crippen LogP contribution in [0, 0.1) is 0 Å². The molecule has 1 aromatic rings. The lowest BCUT2D eigenvalue weighted by Crippen LogP contribution is -2.51. The smallest absolute Gasteiger partial charge is 0.120 e. The van der Waals surface area contributed by atoms with Gasteiger partial charge in [0.05, 0.1) is 12.1 Å². The second-order valence-electron chi connectivity index (χ2n) is 5.46. The number of methoxy groups -OCH3 is 1. The predicted octanol–water partition coefficient (Wildman–Crippen LogP) is 2.27. The molecule has 1 aromatic carbocycles. The van der Waals surface area contributed by atoms with E-state index in [-0.39, 0.29) is 0 Å². The molecular weight excluding hydrogens is 282 g/mol. The van der Waals surface area contributed by atoms with Gasteiger partial charge in [0, 0.05) is 50.4 Å². The molecule has 2 N–H and O–H groups in total. The summed E-state index contributed by atoms with van der Waals surface area (Å²) >= 11 is 5.06. The summed E-state index contributed by atoms with van der Waals surface area (Å²) in [6.07, 6.45) is 1.92. The molecule has 0 amide bonds. The minimum Gasteiger partial charge on any atom is -0.497 e. The first-order valence-corrected chi connectivity index (χ1v) is 7.96. The third-order valence-electron chi connectivity index (χ3n) is 4.16. The summed E-state index contributed by atoms with van der Waals surface area (Å²) in [7, 11) is 1.71. The average Bonchev–Trinajstić information content (AvgIpc) is 2.52. The highest BCUT2D eigenvalue weighted by Gasteiger charge is 2.23. The maximum Gasteiger partial charge on any atom is 0.120 e. The molecule has 1 heterocycles. The number of benzene rings is 1. The molecule has 0 aliphatic carbocycles. The zero-order valence-electron chi connectivity index (χ0n) is 12.9. The number of hydrogen-bond acceptors (Lipinski definition) is 4. The number of nitrogens with two attached hydrogens (primary N) is 1. The average molecular weight is 307 g/mol. The lowest BCUT2D eigenvalue weighted by Gasteiger charge is -2.40. The molecule has 116 valence electrons. The molecule has 0 spiro atoms. The normalized spacial score (nSPS) is 17.5. The molecule has 1 fully saturated rings. The Labute approximate surface area is 132 Å². The standard InChI is InChI=1S/C16H25N3OS/c1-3-13(12-16(17)21)18-7-9-19(10-8-18)14-5-4-6-15(11-14)20-2/h4-6,11,13H,3,7-10,12H2,1-2H3,(H2,17,21). The molecule has 1 saturated heterocycles. The first-order valence-electron chi connectivity index (χ1n) is 7.55. The van der Waals surface area contributed by atoms with Crippen molar-refractivity contribution in [3.8, 4) is 5.75 Å². The van der Waals surface area contributed by atoms with E-state index in [0.717, 1.165) is 44.8 Å². The van der Waals surface area contributed by atoms with E-state index in [9.17, 15) is 0 Å². The number of nitrogens with zero attached hydrogens (tertiary/aromatic N) is 2. The molecular formula is C16H25N3OS. The van der Waals surface area contributed by atoms with Crippen LogP contribution < -0.4 is 15.4 Å². The molecule has 0 bridgehead atoms. The van der Waals surface area contributed by atoms with Crippen molar-refractivity contribution in [2.45, 2.75) is 25.8 Å². The maximum absolute atomic E-state index is 5.71. The monoisotopic (exact) mass is 307 g/mol. The summed E-state index contributed by atoms with van der Waals surface area (Å²) < 4.78 is 5.30. The molecule has 1 aliphatic rings. The van der Waals surface area contributed by atoms with Crippen molar-refractivity contribution < 1.29 is 4.74 Å². The molecule has 0 aromatic heterocycles. The minimum atomic E-state index is 0.481. The summed E-state index contributed by atoms with van der Waals surface area (Å²) in [6, 6.07) is 8.75. The van der Waals surface area contributed by atoms with Gasteiger partial charge in [-0.05, 0) is 18.6 Å². The Balaban J connectivity index is 1.94. The highest BCUT2D eigenvalue weighted by atomic mass is 32.1. The highest BCUT2D eigenvalue weighted by molar-refractivity contribution is 7.80. The van der Waals surface area contributed by atoms with Gasteiger partial charge in [0.25, 0.3) is 0 Å². The van der Waals surface area contributed by atoms with Crippen LogP contribution in [-0.2, 0) is 0 Å². The quantitative estimate of drug-likeness (QED) is 0.817. The second-order valence-corrected chi connectivity index (χ2v) is 5.98. The number of anilines is 1. The van der Waals surface area contributed by atoms with E-state index in [4.69, 9.17) is 22.7 Å². The summed E-state index contributed by atoms with van der Waals surface area (Å²) in [6.45, 7) is 6.37. The Bertz CT molecular complexity index is 472. The Morgan fingerprint density at radius 1 is 1.33 bits per heavy atom. The predicted molar refractivity (Wildman–Crippen MR) is 92.3 cm³/mol. The first-order chi connectivity index (χ1) is 10.1. The zero-order chi connectivity index (χ0) is 15.2. The molecule has 4 nitrogen and oxygen atoms in total. The van der Waals surface area contributed by atoms with Crippen molar-refractivity contribution in [2.75, 3.05) is 38.2 Å². The molecule has 1 aliphatic heterocycles. The molecule has 1 unspecified atom stereocenters. The van der Waals surface area contributed by atoms with Gasteiger partial charge in [0.2, 0.25) is 0 Å². The van der Waals surface area contributed by atoms with E-state index < -0.39 is 0 Å². The minimum absolute atomic E-state index is 0.481. The molecule has 2 rings (SSSR count). The van der Waals surface area contributed by atoms with Gasteiger partial charge < -0.3 is 15.4 Å². The lowest BCUT2D eigenvalue weighted by molar-refractivity contribution is 0.184. The van der Waals surface area contributed by atoms with Crippen LogP contribution in [0.3, 0.4) is 0 Å². The van der Waals surface area contributed by atoms with Crippen LogP contribution in [0.25, 0.3) is 0 Å². The Kier molecular flexibility index (Phi) is 5.82. The van der Waals surface area contributed by atoms with Crippen LogP contribution in [-0.4, -0.2) is 49.2 Å². The summed E-state index contributed by atoms with van der Waals surface area (Å²) in [5.74, 6) is 0.912.